The van der Waals surface area contributed by atoms with Gasteiger partial charge in [0, 0.05) is 31.5 Å². The van der Waals surface area contributed by atoms with Gasteiger partial charge in [-0.2, -0.15) is 0 Å². The minimum Gasteiger partial charge on any atom is -0.361 e. The topological polar surface area (TPSA) is 50.2 Å². The number of anilines is 1. The number of hydrogen-bond donors (Lipinski definition) is 1. The lowest BCUT2D eigenvalue weighted by Crippen LogP contribution is -2.39. The van der Waals surface area contributed by atoms with Gasteiger partial charge in [-0.3, -0.25) is 4.79 Å². The van der Waals surface area contributed by atoms with Crippen LogP contribution in [0.4, 0.5) is 5.82 Å². The van der Waals surface area contributed by atoms with Gasteiger partial charge in [-0.1, -0.05) is 13.8 Å². The molecule has 1 heterocycles. The first-order valence-corrected chi connectivity index (χ1v) is 6.42. The van der Waals surface area contributed by atoms with Crippen molar-refractivity contribution in [3.8, 4) is 0 Å². The third-order valence-corrected chi connectivity index (χ3v) is 2.94. The molecular formula is C13H24N4O. The molecule has 18 heavy (non-hydrogen) atoms. The van der Waals surface area contributed by atoms with Crippen LogP contribution >= 0.6 is 0 Å². The number of nitrogens with zero attached hydrogens (tertiary/aromatic N) is 3. The maximum Gasteiger partial charge on any atom is 0.293 e. The first kappa shape index (κ1) is 14.7. The van der Waals surface area contributed by atoms with Gasteiger partial charge < -0.3 is 14.8 Å². The normalized spacial score (nSPS) is 13.1. The Kier molecular flexibility index (Phi) is 5.34. The number of likely N-dealkylation sites (N-methyl/N-ethyl adjacent to an activating group) is 1. The van der Waals surface area contributed by atoms with Crippen molar-refractivity contribution in [1.29, 1.82) is 0 Å². The van der Waals surface area contributed by atoms with E-state index in [-0.39, 0.29) is 11.6 Å². The molecule has 1 aromatic rings. The van der Waals surface area contributed by atoms with E-state index < -0.39 is 0 Å². The molecule has 0 bridgehead atoms. The second-order valence-electron chi connectivity index (χ2n) is 5.12. The van der Waals surface area contributed by atoms with Gasteiger partial charge in [0.2, 0.25) is 0 Å². The molecule has 0 aliphatic rings. The van der Waals surface area contributed by atoms with Crippen molar-refractivity contribution in [3.05, 3.63) is 22.7 Å². The van der Waals surface area contributed by atoms with Gasteiger partial charge in [0.15, 0.2) is 5.82 Å². The molecule has 0 spiro atoms. The highest BCUT2D eigenvalue weighted by Gasteiger charge is 2.16. The Morgan fingerprint density at radius 2 is 2.11 bits per heavy atom. The van der Waals surface area contributed by atoms with E-state index in [0.717, 1.165) is 6.54 Å². The molecule has 0 amide bonds. The van der Waals surface area contributed by atoms with Crippen molar-refractivity contribution in [1.82, 2.24) is 14.5 Å². The maximum atomic E-state index is 12.1. The molecule has 102 valence electrons. The minimum absolute atomic E-state index is 0.0515. The van der Waals surface area contributed by atoms with E-state index in [0.29, 0.717) is 18.3 Å². The Morgan fingerprint density at radius 3 is 2.61 bits per heavy atom. The summed E-state index contributed by atoms with van der Waals surface area (Å²) in [5, 5.41) is 3.27. The zero-order chi connectivity index (χ0) is 13.7. The van der Waals surface area contributed by atoms with E-state index in [1.807, 2.05) is 21.0 Å². The predicted octanol–water partition coefficient (Wildman–Crippen LogP) is 1.26. The Bertz CT molecular complexity index is 425. The summed E-state index contributed by atoms with van der Waals surface area (Å²) in [6.07, 6.45) is 3.38. The van der Waals surface area contributed by atoms with E-state index in [9.17, 15) is 4.79 Å². The predicted molar refractivity (Wildman–Crippen MR) is 75.0 cm³/mol. The molecule has 0 saturated heterocycles. The molecular weight excluding hydrogens is 228 g/mol. The fourth-order valence-corrected chi connectivity index (χ4v) is 1.79. The van der Waals surface area contributed by atoms with Gasteiger partial charge in [0.05, 0.1) is 0 Å². The van der Waals surface area contributed by atoms with Crippen LogP contribution in [0.1, 0.15) is 20.8 Å². The van der Waals surface area contributed by atoms with Crippen molar-refractivity contribution in [2.45, 2.75) is 33.4 Å². The van der Waals surface area contributed by atoms with Gasteiger partial charge in [-0.15, -0.1) is 0 Å². The van der Waals surface area contributed by atoms with Crippen LogP contribution in [-0.4, -0.2) is 41.1 Å². The summed E-state index contributed by atoms with van der Waals surface area (Å²) in [6.45, 7) is 7.77. The van der Waals surface area contributed by atoms with Crippen LogP contribution in [0.15, 0.2) is 17.2 Å². The summed E-state index contributed by atoms with van der Waals surface area (Å²) in [4.78, 5) is 18.3. The molecule has 0 radical (unpaired) electrons. The zero-order valence-electron chi connectivity index (χ0n) is 12.0. The van der Waals surface area contributed by atoms with Crippen molar-refractivity contribution >= 4 is 5.82 Å². The van der Waals surface area contributed by atoms with E-state index in [1.54, 1.807) is 17.0 Å². The van der Waals surface area contributed by atoms with Crippen LogP contribution in [0.2, 0.25) is 0 Å². The molecule has 5 nitrogen and oxygen atoms in total. The first-order chi connectivity index (χ1) is 8.45. The second-order valence-corrected chi connectivity index (χ2v) is 5.12. The van der Waals surface area contributed by atoms with Crippen LogP contribution in [0.5, 0.6) is 0 Å². The van der Waals surface area contributed by atoms with Crippen molar-refractivity contribution in [2.24, 2.45) is 5.92 Å². The number of nitrogens with one attached hydrogen (secondary N) is 1. The van der Waals surface area contributed by atoms with Crippen LogP contribution in [0.3, 0.4) is 0 Å². The maximum absolute atomic E-state index is 12.1. The zero-order valence-corrected chi connectivity index (χ0v) is 12.0. The lowest BCUT2D eigenvalue weighted by molar-refractivity contribution is 0.344. The highest BCUT2D eigenvalue weighted by atomic mass is 16.1. The Morgan fingerprint density at radius 1 is 1.44 bits per heavy atom. The molecule has 1 aromatic heterocycles. The highest BCUT2D eigenvalue weighted by molar-refractivity contribution is 5.32. The van der Waals surface area contributed by atoms with E-state index in [2.05, 4.69) is 29.0 Å². The van der Waals surface area contributed by atoms with Crippen LogP contribution in [0.25, 0.3) is 0 Å². The Labute approximate surface area is 109 Å². The number of hydrogen-bond acceptors (Lipinski definition) is 4. The Balaban J connectivity index is 2.90. The summed E-state index contributed by atoms with van der Waals surface area (Å²) >= 11 is 0. The fraction of sp³-hybridized carbons (Fsp3) is 0.692. The van der Waals surface area contributed by atoms with Gasteiger partial charge >= 0.3 is 0 Å². The summed E-state index contributed by atoms with van der Waals surface area (Å²) in [5.74, 6) is 0.879. The van der Waals surface area contributed by atoms with Crippen LogP contribution in [-0.2, 0) is 6.54 Å². The van der Waals surface area contributed by atoms with Crippen molar-refractivity contribution < 1.29 is 0 Å². The van der Waals surface area contributed by atoms with Crippen molar-refractivity contribution in [3.63, 3.8) is 0 Å². The van der Waals surface area contributed by atoms with E-state index >= 15 is 0 Å². The molecule has 1 N–H and O–H groups in total. The SMILES string of the molecule is CCn1ccnc(NC(CN(C)C)C(C)C)c1=O. The van der Waals surface area contributed by atoms with Gasteiger partial charge in [-0.25, -0.2) is 4.98 Å². The van der Waals surface area contributed by atoms with Gasteiger partial charge in [0.1, 0.15) is 0 Å². The lowest BCUT2D eigenvalue weighted by Gasteiger charge is -2.25. The Hall–Kier alpha value is -1.36. The molecule has 1 atom stereocenters. The van der Waals surface area contributed by atoms with Gasteiger partial charge in [-0.05, 0) is 26.9 Å². The summed E-state index contributed by atoms with van der Waals surface area (Å²) in [5.41, 5.74) is -0.0515. The first-order valence-electron chi connectivity index (χ1n) is 6.42. The summed E-state index contributed by atoms with van der Waals surface area (Å²) in [7, 11) is 4.06. The van der Waals surface area contributed by atoms with Crippen molar-refractivity contribution in [2.75, 3.05) is 26.0 Å². The third kappa shape index (κ3) is 3.84. The summed E-state index contributed by atoms with van der Waals surface area (Å²) in [6, 6.07) is 0.216. The summed E-state index contributed by atoms with van der Waals surface area (Å²) < 4.78 is 1.66. The second kappa shape index (κ2) is 6.54. The number of aryl methyl sites for hydroxylation is 1. The standard InChI is InChI=1S/C13H24N4O/c1-6-17-8-7-14-12(13(17)18)15-11(10(2)3)9-16(4)5/h7-8,10-11H,6,9H2,1-5H3,(H,14,15). The number of rotatable bonds is 6. The van der Waals surface area contributed by atoms with E-state index in [1.165, 1.54) is 0 Å². The lowest BCUT2D eigenvalue weighted by atomic mass is 10.0. The van der Waals surface area contributed by atoms with Gasteiger partial charge in [0.25, 0.3) is 5.56 Å². The molecule has 0 saturated carbocycles. The fourth-order valence-electron chi connectivity index (χ4n) is 1.79. The average Bonchev–Trinajstić information content (AvgIpc) is 2.30. The average molecular weight is 252 g/mol. The number of aromatic nitrogens is 2. The molecule has 0 fully saturated rings. The third-order valence-electron chi connectivity index (χ3n) is 2.94. The highest BCUT2D eigenvalue weighted by Crippen LogP contribution is 2.08. The smallest absolute Gasteiger partial charge is 0.293 e. The quantitative estimate of drug-likeness (QED) is 0.828. The molecule has 0 aromatic carbocycles. The molecule has 5 heteroatoms. The molecule has 1 unspecified atom stereocenters. The molecule has 1 rings (SSSR count). The minimum atomic E-state index is -0.0515. The molecule has 0 aliphatic carbocycles. The molecule has 0 aliphatic heterocycles. The van der Waals surface area contributed by atoms with Crippen LogP contribution < -0.4 is 10.9 Å². The van der Waals surface area contributed by atoms with E-state index in [4.69, 9.17) is 0 Å². The monoisotopic (exact) mass is 252 g/mol. The largest absolute Gasteiger partial charge is 0.361 e. The van der Waals surface area contributed by atoms with Crippen LogP contribution in [0, 0.1) is 5.92 Å².